The molecule has 3 heterocycles. The number of rotatable bonds is 3. The molecule has 0 spiro atoms. The van der Waals surface area contributed by atoms with Crippen molar-refractivity contribution in [1.82, 2.24) is 10.3 Å². The van der Waals surface area contributed by atoms with Crippen LogP contribution in [-0.2, 0) is 12.8 Å². The standard InChI is InChI=1S/C13H19N3/c1-2-11-4-6-12(16-13(11)15-7-1)5-3-10-8-14-9-10/h4,6,10,14H,1-3,5,7-9H2,(H,15,16). The summed E-state index contributed by atoms with van der Waals surface area (Å²) in [6.07, 6.45) is 4.82. The van der Waals surface area contributed by atoms with E-state index in [1.54, 1.807) is 0 Å². The van der Waals surface area contributed by atoms with E-state index >= 15 is 0 Å². The zero-order chi connectivity index (χ0) is 10.8. The van der Waals surface area contributed by atoms with Gasteiger partial charge in [-0.2, -0.15) is 0 Å². The highest BCUT2D eigenvalue weighted by molar-refractivity contribution is 5.46. The first-order chi connectivity index (χ1) is 7.92. The molecule has 1 aromatic heterocycles. The second kappa shape index (κ2) is 4.42. The highest BCUT2D eigenvalue weighted by Crippen LogP contribution is 2.21. The van der Waals surface area contributed by atoms with E-state index in [1.807, 2.05) is 0 Å². The Morgan fingerprint density at radius 2 is 2.25 bits per heavy atom. The summed E-state index contributed by atoms with van der Waals surface area (Å²) in [5, 5.41) is 6.71. The van der Waals surface area contributed by atoms with E-state index in [4.69, 9.17) is 4.98 Å². The lowest BCUT2D eigenvalue weighted by Gasteiger charge is -2.27. The van der Waals surface area contributed by atoms with Crippen LogP contribution in [0.15, 0.2) is 12.1 Å². The minimum Gasteiger partial charge on any atom is -0.370 e. The summed E-state index contributed by atoms with van der Waals surface area (Å²) in [5.74, 6) is 2.02. The second-order valence-electron chi connectivity index (χ2n) is 4.90. The van der Waals surface area contributed by atoms with Crippen LogP contribution in [0.2, 0.25) is 0 Å². The molecule has 0 bridgehead atoms. The molecule has 0 unspecified atom stereocenters. The minimum atomic E-state index is 0.880. The van der Waals surface area contributed by atoms with Gasteiger partial charge in [0.05, 0.1) is 0 Å². The van der Waals surface area contributed by atoms with Gasteiger partial charge in [0.1, 0.15) is 5.82 Å². The van der Waals surface area contributed by atoms with Gasteiger partial charge in [-0.25, -0.2) is 4.98 Å². The molecule has 2 aliphatic heterocycles. The van der Waals surface area contributed by atoms with Crippen molar-refractivity contribution >= 4 is 5.82 Å². The predicted molar refractivity (Wildman–Crippen MR) is 65.7 cm³/mol. The Balaban J connectivity index is 1.65. The van der Waals surface area contributed by atoms with Crippen molar-refractivity contribution in [2.24, 2.45) is 5.92 Å². The van der Waals surface area contributed by atoms with E-state index in [2.05, 4.69) is 22.8 Å². The van der Waals surface area contributed by atoms with Gasteiger partial charge in [-0.15, -0.1) is 0 Å². The topological polar surface area (TPSA) is 37.0 Å². The Morgan fingerprint density at radius 3 is 3.06 bits per heavy atom. The van der Waals surface area contributed by atoms with E-state index < -0.39 is 0 Å². The summed E-state index contributed by atoms with van der Waals surface area (Å²) >= 11 is 0. The lowest BCUT2D eigenvalue weighted by atomic mass is 9.96. The van der Waals surface area contributed by atoms with Crippen LogP contribution in [0.25, 0.3) is 0 Å². The molecular weight excluding hydrogens is 198 g/mol. The molecule has 0 aliphatic carbocycles. The fraction of sp³-hybridized carbons (Fsp3) is 0.615. The zero-order valence-electron chi connectivity index (χ0n) is 9.63. The highest BCUT2D eigenvalue weighted by Gasteiger charge is 2.17. The number of aromatic nitrogens is 1. The van der Waals surface area contributed by atoms with Crippen LogP contribution in [-0.4, -0.2) is 24.6 Å². The number of pyridine rings is 1. The van der Waals surface area contributed by atoms with Crippen LogP contribution in [0.3, 0.4) is 0 Å². The quantitative estimate of drug-likeness (QED) is 0.807. The number of aryl methyl sites for hydroxylation is 2. The Labute approximate surface area is 96.7 Å². The summed E-state index contributed by atoms with van der Waals surface area (Å²) in [6.45, 7) is 3.47. The number of hydrogen-bond donors (Lipinski definition) is 2. The van der Waals surface area contributed by atoms with Crippen molar-refractivity contribution in [3.8, 4) is 0 Å². The lowest BCUT2D eigenvalue weighted by Crippen LogP contribution is -2.42. The molecule has 1 saturated heterocycles. The minimum absolute atomic E-state index is 0.880. The van der Waals surface area contributed by atoms with Gasteiger partial charge in [-0.1, -0.05) is 6.07 Å². The molecule has 86 valence electrons. The molecule has 0 atom stereocenters. The normalized spacial score (nSPS) is 19.8. The Kier molecular flexibility index (Phi) is 2.79. The molecule has 1 fully saturated rings. The van der Waals surface area contributed by atoms with Crippen molar-refractivity contribution in [2.75, 3.05) is 25.0 Å². The van der Waals surface area contributed by atoms with E-state index in [0.717, 1.165) is 24.7 Å². The maximum Gasteiger partial charge on any atom is 0.129 e. The molecule has 3 heteroatoms. The fourth-order valence-electron chi connectivity index (χ4n) is 2.41. The second-order valence-corrected chi connectivity index (χ2v) is 4.90. The van der Waals surface area contributed by atoms with Crippen LogP contribution in [0.4, 0.5) is 5.82 Å². The third-order valence-electron chi connectivity index (χ3n) is 3.63. The number of fused-ring (bicyclic) bond motifs is 1. The molecular formula is C13H19N3. The van der Waals surface area contributed by atoms with Crippen molar-refractivity contribution in [1.29, 1.82) is 0 Å². The summed E-state index contributed by atoms with van der Waals surface area (Å²) in [5.41, 5.74) is 2.64. The Morgan fingerprint density at radius 1 is 1.31 bits per heavy atom. The van der Waals surface area contributed by atoms with Crippen LogP contribution in [0, 0.1) is 5.92 Å². The van der Waals surface area contributed by atoms with E-state index in [-0.39, 0.29) is 0 Å². The maximum absolute atomic E-state index is 4.71. The Bertz CT molecular complexity index is 371. The number of hydrogen-bond acceptors (Lipinski definition) is 3. The summed E-state index contributed by atoms with van der Waals surface area (Å²) in [6, 6.07) is 4.46. The van der Waals surface area contributed by atoms with Gasteiger partial charge in [0.25, 0.3) is 0 Å². The van der Waals surface area contributed by atoms with Gasteiger partial charge < -0.3 is 10.6 Å². The third-order valence-corrected chi connectivity index (χ3v) is 3.63. The van der Waals surface area contributed by atoms with Gasteiger partial charge in [-0.05, 0) is 56.3 Å². The van der Waals surface area contributed by atoms with E-state index in [1.165, 1.54) is 43.6 Å². The lowest BCUT2D eigenvalue weighted by molar-refractivity contribution is 0.327. The number of nitrogens with one attached hydrogen (secondary N) is 2. The van der Waals surface area contributed by atoms with Crippen LogP contribution < -0.4 is 10.6 Å². The van der Waals surface area contributed by atoms with Gasteiger partial charge in [0.15, 0.2) is 0 Å². The molecule has 3 rings (SSSR count). The van der Waals surface area contributed by atoms with Crippen LogP contribution >= 0.6 is 0 Å². The van der Waals surface area contributed by atoms with Crippen molar-refractivity contribution < 1.29 is 0 Å². The number of anilines is 1. The zero-order valence-corrected chi connectivity index (χ0v) is 9.63. The van der Waals surface area contributed by atoms with Gasteiger partial charge in [-0.3, -0.25) is 0 Å². The average Bonchev–Trinajstić information content (AvgIpc) is 2.27. The average molecular weight is 217 g/mol. The molecule has 2 aliphatic rings. The fourth-order valence-corrected chi connectivity index (χ4v) is 2.41. The monoisotopic (exact) mass is 217 g/mol. The molecule has 0 saturated carbocycles. The molecule has 2 N–H and O–H groups in total. The largest absolute Gasteiger partial charge is 0.370 e. The maximum atomic E-state index is 4.71. The first kappa shape index (κ1) is 10.1. The van der Waals surface area contributed by atoms with Crippen LogP contribution in [0.1, 0.15) is 24.1 Å². The molecule has 0 radical (unpaired) electrons. The molecule has 0 aromatic carbocycles. The number of nitrogens with zero attached hydrogens (tertiary/aromatic N) is 1. The summed E-state index contributed by atoms with van der Waals surface area (Å²) in [4.78, 5) is 4.71. The molecule has 0 amide bonds. The molecule has 1 aromatic rings. The summed E-state index contributed by atoms with van der Waals surface area (Å²) in [7, 11) is 0. The first-order valence-electron chi connectivity index (χ1n) is 6.35. The van der Waals surface area contributed by atoms with Gasteiger partial charge >= 0.3 is 0 Å². The summed E-state index contributed by atoms with van der Waals surface area (Å²) < 4.78 is 0. The molecule has 16 heavy (non-hydrogen) atoms. The van der Waals surface area contributed by atoms with E-state index in [0.29, 0.717) is 0 Å². The predicted octanol–water partition coefficient (Wildman–Crippen LogP) is 1.59. The highest BCUT2D eigenvalue weighted by atomic mass is 15.0. The van der Waals surface area contributed by atoms with Crippen molar-refractivity contribution in [3.63, 3.8) is 0 Å². The SMILES string of the molecule is c1cc2c(nc1CCC1CNC1)NCCC2. The van der Waals surface area contributed by atoms with E-state index in [9.17, 15) is 0 Å². The first-order valence-corrected chi connectivity index (χ1v) is 6.35. The van der Waals surface area contributed by atoms with Crippen molar-refractivity contribution in [3.05, 3.63) is 23.4 Å². The molecule has 3 nitrogen and oxygen atoms in total. The van der Waals surface area contributed by atoms with Crippen molar-refractivity contribution in [2.45, 2.75) is 25.7 Å². The Hall–Kier alpha value is -1.09. The van der Waals surface area contributed by atoms with Gasteiger partial charge in [0, 0.05) is 12.2 Å². The smallest absolute Gasteiger partial charge is 0.129 e. The van der Waals surface area contributed by atoms with Crippen LogP contribution in [0.5, 0.6) is 0 Å². The van der Waals surface area contributed by atoms with Gasteiger partial charge in [0.2, 0.25) is 0 Å². The third kappa shape index (κ3) is 2.05.